The second-order valence-electron chi connectivity index (χ2n) is 4.05. The predicted octanol–water partition coefficient (Wildman–Crippen LogP) is 3.32. The van der Waals surface area contributed by atoms with Gasteiger partial charge in [-0.2, -0.15) is 0 Å². The molecule has 20 heavy (non-hydrogen) atoms. The maximum Gasteiger partial charge on any atom is 0.348 e. The fourth-order valence-electron chi connectivity index (χ4n) is 1.60. The summed E-state index contributed by atoms with van der Waals surface area (Å²) in [6.07, 6.45) is 0. The Morgan fingerprint density at radius 1 is 1.35 bits per heavy atom. The molecule has 0 aliphatic heterocycles. The van der Waals surface area contributed by atoms with Crippen molar-refractivity contribution in [3.63, 3.8) is 0 Å². The number of anilines is 1. The monoisotopic (exact) mass is 403 g/mol. The lowest BCUT2D eigenvalue weighted by Crippen LogP contribution is -2.14. The molecule has 0 saturated carbocycles. The largest absolute Gasteiger partial charge is 0.507 e. The smallest absolute Gasteiger partial charge is 0.348 e. The summed E-state index contributed by atoms with van der Waals surface area (Å²) in [6, 6.07) is 4.53. The van der Waals surface area contributed by atoms with Gasteiger partial charge in [0.2, 0.25) is 0 Å². The number of aromatic hydroxyl groups is 1. The van der Waals surface area contributed by atoms with Gasteiger partial charge in [0, 0.05) is 5.56 Å². The first kappa shape index (κ1) is 14.8. The third-order valence-electron chi connectivity index (χ3n) is 2.62. The van der Waals surface area contributed by atoms with Crippen molar-refractivity contribution in [3.05, 3.63) is 43.2 Å². The van der Waals surface area contributed by atoms with Crippen LogP contribution in [0.3, 0.4) is 0 Å². The van der Waals surface area contributed by atoms with Crippen LogP contribution in [0.1, 0.15) is 25.6 Å². The Balaban J connectivity index is 2.30. The van der Waals surface area contributed by atoms with E-state index in [-0.39, 0.29) is 16.2 Å². The number of rotatable bonds is 3. The summed E-state index contributed by atoms with van der Waals surface area (Å²) in [6.45, 7) is 1.73. The number of benzene rings is 1. The van der Waals surface area contributed by atoms with Gasteiger partial charge in [-0.15, -0.1) is 11.3 Å². The summed E-state index contributed by atoms with van der Waals surface area (Å²) in [7, 11) is 0. The minimum absolute atomic E-state index is 0.0127. The average molecular weight is 403 g/mol. The fourth-order valence-corrected chi connectivity index (χ4v) is 2.78. The molecular weight excluding hydrogens is 393 g/mol. The third-order valence-corrected chi connectivity index (χ3v) is 4.61. The van der Waals surface area contributed by atoms with Gasteiger partial charge in [-0.05, 0) is 58.7 Å². The van der Waals surface area contributed by atoms with Crippen molar-refractivity contribution in [2.45, 2.75) is 6.92 Å². The molecule has 7 heteroatoms. The number of halogens is 1. The van der Waals surface area contributed by atoms with E-state index in [2.05, 4.69) is 5.32 Å². The van der Waals surface area contributed by atoms with E-state index in [0.29, 0.717) is 14.8 Å². The first-order valence-corrected chi connectivity index (χ1v) is 7.47. The van der Waals surface area contributed by atoms with Crippen LogP contribution in [0.5, 0.6) is 5.75 Å². The Morgan fingerprint density at radius 2 is 2.05 bits per heavy atom. The van der Waals surface area contributed by atoms with Gasteiger partial charge in [-0.25, -0.2) is 4.79 Å². The molecular formula is C13H10INO4S. The van der Waals surface area contributed by atoms with E-state index in [1.165, 1.54) is 6.07 Å². The lowest BCUT2D eigenvalue weighted by Gasteiger charge is -2.07. The van der Waals surface area contributed by atoms with Gasteiger partial charge in [-0.3, -0.25) is 4.79 Å². The van der Waals surface area contributed by atoms with Crippen LogP contribution in [0.15, 0.2) is 23.6 Å². The number of aromatic carboxylic acids is 1. The molecule has 1 amide bonds. The van der Waals surface area contributed by atoms with Crippen LogP contribution in [0, 0.1) is 10.5 Å². The Morgan fingerprint density at radius 3 is 2.65 bits per heavy atom. The number of aryl methyl sites for hydroxylation is 1. The summed E-state index contributed by atoms with van der Waals surface area (Å²) >= 11 is 3.01. The number of carbonyl (C=O) groups is 2. The molecule has 1 aromatic carbocycles. The topological polar surface area (TPSA) is 86.6 Å². The molecule has 0 aliphatic carbocycles. The number of hydrogen-bond acceptors (Lipinski definition) is 4. The summed E-state index contributed by atoms with van der Waals surface area (Å²) in [5, 5.41) is 22.9. The van der Waals surface area contributed by atoms with Crippen molar-refractivity contribution in [1.82, 2.24) is 0 Å². The van der Waals surface area contributed by atoms with Gasteiger partial charge in [0.15, 0.2) is 0 Å². The lowest BCUT2D eigenvalue weighted by atomic mass is 10.2. The Kier molecular flexibility index (Phi) is 4.29. The Labute approximate surface area is 132 Å². The van der Waals surface area contributed by atoms with Gasteiger partial charge in [0.25, 0.3) is 5.91 Å². The van der Waals surface area contributed by atoms with Gasteiger partial charge >= 0.3 is 5.97 Å². The maximum atomic E-state index is 12.1. The molecule has 2 aromatic rings. The average Bonchev–Trinajstić information content (AvgIpc) is 2.74. The Bertz CT molecular complexity index is 696. The second kappa shape index (κ2) is 5.80. The van der Waals surface area contributed by atoms with Gasteiger partial charge in [0.05, 0.1) is 9.26 Å². The highest BCUT2D eigenvalue weighted by Crippen LogP contribution is 2.28. The molecule has 104 valence electrons. The second-order valence-corrected chi connectivity index (χ2v) is 6.09. The van der Waals surface area contributed by atoms with Crippen LogP contribution in [0.4, 0.5) is 5.69 Å². The molecule has 0 bridgehead atoms. The number of carboxylic acids is 1. The van der Waals surface area contributed by atoms with E-state index >= 15 is 0 Å². The number of nitrogens with one attached hydrogen (secondary N) is 1. The molecule has 1 aromatic heterocycles. The summed E-state index contributed by atoms with van der Waals surface area (Å²) in [5.41, 5.74) is 1.26. The molecule has 0 unspecified atom stereocenters. The lowest BCUT2D eigenvalue weighted by molar-refractivity contribution is 0.0703. The highest BCUT2D eigenvalue weighted by molar-refractivity contribution is 14.1. The summed E-state index contributed by atoms with van der Waals surface area (Å²) < 4.78 is 0.636. The normalized spacial score (nSPS) is 10.3. The number of amides is 1. The van der Waals surface area contributed by atoms with E-state index in [1.54, 1.807) is 24.4 Å². The Hall–Kier alpha value is -1.61. The molecule has 0 atom stereocenters. The van der Waals surface area contributed by atoms with Crippen LogP contribution in [0.2, 0.25) is 0 Å². The summed E-state index contributed by atoms with van der Waals surface area (Å²) in [4.78, 5) is 23.2. The van der Waals surface area contributed by atoms with Crippen LogP contribution >= 0.6 is 33.9 Å². The van der Waals surface area contributed by atoms with Crippen LogP contribution in [0.25, 0.3) is 0 Å². The quantitative estimate of drug-likeness (QED) is 0.687. The maximum absolute atomic E-state index is 12.1. The highest BCUT2D eigenvalue weighted by atomic mass is 127. The molecule has 5 nitrogen and oxygen atoms in total. The molecule has 0 fully saturated rings. The molecule has 1 heterocycles. The standard InChI is InChI=1S/C13H10INO4S/c1-6-5-20-11(13(18)19)10(6)15-12(17)7-2-3-8(14)9(16)4-7/h2-5,16H,1H3,(H,15,17)(H,18,19). The highest BCUT2D eigenvalue weighted by Gasteiger charge is 2.18. The molecule has 3 N–H and O–H groups in total. The van der Waals surface area contributed by atoms with Crippen molar-refractivity contribution in [2.24, 2.45) is 0 Å². The molecule has 0 aliphatic rings. The number of hydrogen-bond donors (Lipinski definition) is 3. The minimum Gasteiger partial charge on any atom is -0.507 e. The number of carbonyl (C=O) groups excluding carboxylic acids is 1. The van der Waals surface area contributed by atoms with Gasteiger partial charge in [-0.1, -0.05) is 0 Å². The fraction of sp³-hybridized carbons (Fsp3) is 0.0769. The number of carboxylic acid groups (broad SMARTS) is 1. The van der Waals surface area contributed by atoms with Crippen LogP contribution in [-0.4, -0.2) is 22.1 Å². The van der Waals surface area contributed by atoms with Crippen LogP contribution < -0.4 is 5.32 Å². The molecule has 0 saturated heterocycles. The minimum atomic E-state index is -1.08. The van der Waals surface area contributed by atoms with Gasteiger partial charge in [0.1, 0.15) is 10.6 Å². The first-order chi connectivity index (χ1) is 9.40. The zero-order chi connectivity index (χ0) is 14.9. The van der Waals surface area contributed by atoms with E-state index in [9.17, 15) is 14.7 Å². The summed E-state index contributed by atoms with van der Waals surface area (Å²) in [5.74, 6) is -1.52. The zero-order valence-corrected chi connectivity index (χ0v) is 13.3. The van der Waals surface area contributed by atoms with Crippen LogP contribution in [-0.2, 0) is 0 Å². The van der Waals surface area contributed by atoms with E-state index in [4.69, 9.17) is 5.11 Å². The van der Waals surface area contributed by atoms with E-state index in [1.807, 2.05) is 22.6 Å². The van der Waals surface area contributed by atoms with Crippen molar-refractivity contribution < 1.29 is 19.8 Å². The van der Waals surface area contributed by atoms with E-state index < -0.39 is 11.9 Å². The van der Waals surface area contributed by atoms with Crippen molar-refractivity contribution >= 4 is 51.5 Å². The molecule has 0 spiro atoms. The predicted molar refractivity (Wildman–Crippen MR) is 84.8 cm³/mol. The number of thiophene rings is 1. The van der Waals surface area contributed by atoms with Gasteiger partial charge < -0.3 is 15.5 Å². The molecule has 0 radical (unpaired) electrons. The van der Waals surface area contributed by atoms with Crippen molar-refractivity contribution in [2.75, 3.05) is 5.32 Å². The first-order valence-electron chi connectivity index (χ1n) is 5.51. The number of phenols is 1. The SMILES string of the molecule is Cc1csc(C(=O)O)c1NC(=O)c1ccc(I)c(O)c1. The van der Waals surface area contributed by atoms with Crippen molar-refractivity contribution in [1.29, 1.82) is 0 Å². The zero-order valence-electron chi connectivity index (χ0n) is 10.3. The third kappa shape index (κ3) is 2.93. The van der Waals surface area contributed by atoms with E-state index in [0.717, 1.165) is 11.3 Å². The molecule has 2 rings (SSSR count). The number of phenolic OH excluding ortho intramolecular Hbond substituents is 1. The van der Waals surface area contributed by atoms with Crippen molar-refractivity contribution in [3.8, 4) is 5.75 Å².